The Labute approximate surface area is 145 Å². The summed E-state index contributed by atoms with van der Waals surface area (Å²) >= 11 is 0. The average molecular weight is 324 g/mol. The van der Waals surface area contributed by atoms with Gasteiger partial charge in [-0.1, -0.05) is 78.1 Å². The van der Waals surface area contributed by atoms with Gasteiger partial charge in [0.25, 0.3) is 0 Å². The zero-order valence-electron chi connectivity index (χ0n) is 16.1. The fraction of sp³-hybridized carbons (Fsp3) is 0.952. The van der Waals surface area contributed by atoms with Crippen LogP contribution in [0.2, 0.25) is 0 Å². The summed E-state index contributed by atoms with van der Waals surface area (Å²) in [5, 5.41) is 0. The molecule has 2 nitrogen and oxygen atoms in total. The first kappa shape index (κ1) is 20.7. The van der Waals surface area contributed by atoms with Gasteiger partial charge in [0.15, 0.2) is 0 Å². The largest absolute Gasteiger partial charge is 0.298 e. The second-order valence-electron chi connectivity index (χ2n) is 7.57. The Hall–Kier alpha value is -0.370. The Bertz CT molecular complexity index is 288. The Kier molecular flexibility index (Phi) is 11.7. The van der Waals surface area contributed by atoms with Crippen LogP contribution < -0.4 is 0 Å². The molecule has 1 fully saturated rings. The molecule has 23 heavy (non-hydrogen) atoms. The second kappa shape index (κ2) is 13.0. The molecule has 136 valence electrons. The lowest BCUT2D eigenvalue weighted by Crippen LogP contribution is -2.42. The van der Waals surface area contributed by atoms with Crippen molar-refractivity contribution >= 4 is 5.78 Å². The first-order chi connectivity index (χ1) is 11.2. The zero-order chi connectivity index (χ0) is 16.9. The number of ketones is 1. The Morgan fingerprint density at radius 2 is 1.43 bits per heavy atom. The van der Waals surface area contributed by atoms with Gasteiger partial charge in [0.05, 0.1) is 6.04 Å². The molecule has 1 aliphatic heterocycles. The van der Waals surface area contributed by atoms with Gasteiger partial charge in [0, 0.05) is 6.04 Å². The van der Waals surface area contributed by atoms with E-state index in [0.717, 1.165) is 13.0 Å². The zero-order valence-corrected chi connectivity index (χ0v) is 16.1. The smallest absolute Gasteiger partial charge is 0.146 e. The average Bonchev–Trinajstić information content (AvgIpc) is 3.02. The Morgan fingerprint density at radius 3 is 1.91 bits per heavy atom. The van der Waals surface area contributed by atoms with Crippen molar-refractivity contribution in [3.8, 4) is 0 Å². The summed E-state index contributed by atoms with van der Waals surface area (Å²) in [7, 11) is 0. The summed E-state index contributed by atoms with van der Waals surface area (Å²) in [5.41, 5.74) is 0. The van der Waals surface area contributed by atoms with Crippen molar-refractivity contribution in [2.24, 2.45) is 0 Å². The maximum Gasteiger partial charge on any atom is 0.146 e. The molecule has 1 unspecified atom stereocenters. The van der Waals surface area contributed by atoms with Gasteiger partial charge in [0.2, 0.25) is 0 Å². The predicted molar refractivity (Wildman–Crippen MR) is 101 cm³/mol. The van der Waals surface area contributed by atoms with E-state index in [0.29, 0.717) is 11.8 Å². The highest BCUT2D eigenvalue weighted by atomic mass is 16.1. The van der Waals surface area contributed by atoms with Crippen LogP contribution in [0.3, 0.4) is 0 Å². The molecule has 0 bridgehead atoms. The van der Waals surface area contributed by atoms with Crippen LogP contribution in [-0.4, -0.2) is 29.3 Å². The third-order valence-corrected chi connectivity index (χ3v) is 5.51. The molecular weight excluding hydrogens is 282 g/mol. The van der Waals surface area contributed by atoms with Crippen molar-refractivity contribution in [1.82, 2.24) is 4.90 Å². The molecule has 0 saturated carbocycles. The van der Waals surface area contributed by atoms with E-state index in [4.69, 9.17) is 0 Å². The predicted octanol–water partition coefficient (Wildman–Crippen LogP) is 6.13. The third-order valence-electron chi connectivity index (χ3n) is 5.51. The molecule has 0 radical (unpaired) electrons. The van der Waals surface area contributed by atoms with Crippen LogP contribution in [0, 0.1) is 0 Å². The highest BCUT2D eigenvalue weighted by Crippen LogP contribution is 2.27. The summed E-state index contributed by atoms with van der Waals surface area (Å²) in [5.74, 6) is 0.393. The number of carbonyl (C=O) groups excluding carboxylic acids is 1. The number of carbonyl (C=O) groups is 1. The third kappa shape index (κ3) is 8.33. The van der Waals surface area contributed by atoms with E-state index in [2.05, 4.69) is 18.7 Å². The molecule has 0 spiro atoms. The maximum absolute atomic E-state index is 11.9. The van der Waals surface area contributed by atoms with Crippen LogP contribution >= 0.6 is 0 Å². The minimum Gasteiger partial charge on any atom is -0.298 e. The van der Waals surface area contributed by atoms with Crippen molar-refractivity contribution in [3.63, 3.8) is 0 Å². The van der Waals surface area contributed by atoms with E-state index in [1.807, 2.05) is 0 Å². The molecule has 1 rings (SSSR count). The topological polar surface area (TPSA) is 20.3 Å². The number of Topliss-reactive ketones (excluding diaryl/α,β-unsaturated/α-hetero) is 1. The fourth-order valence-electron chi connectivity index (χ4n) is 4.11. The maximum atomic E-state index is 11.9. The Morgan fingerprint density at radius 1 is 0.913 bits per heavy atom. The summed E-state index contributed by atoms with van der Waals surface area (Å²) in [4.78, 5) is 14.5. The number of likely N-dealkylation sites (tertiary alicyclic amines) is 1. The van der Waals surface area contributed by atoms with Crippen LogP contribution in [0.25, 0.3) is 0 Å². The van der Waals surface area contributed by atoms with Gasteiger partial charge in [0.1, 0.15) is 5.78 Å². The van der Waals surface area contributed by atoms with Crippen molar-refractivity contribution in [1.29, 1.82) is 0 Å². The summed E-state index contributed by atoms with van der Waals surface area (Å²) in [6, 6.07) is 0.890. The quantitative estimate of drug-likeness (QED) is 0.358. The van der Waals surface area contributed by atoms with Gasteiger partial charge in [-0.15, -0.1) is 0 Å². The molecular formula is C21H41NO. The van der Waals surface area contributed by atoms with Crippen molar-refractivity contribution in [2.75, 3.05) is 6.54 Å². The number of rotatable bonds is 14. The number of hydrogen-bond donors (Lipinski definition) is 0. The molecule has 0 N–H and O–H groups in total. The molecule has 0 amide bonds. The molecule has 1 heterocycles. The van der Waals surface area contributed by atoms with E-state index in [1.165, 1.54) is 83.5 Å². The van der Waals surface area contributed by atoms with E-state index in [9.17, 15) is 4.79 Å². The van der Waals surface area contributed by atoms with Crippen LogP contribution in [-0.2, 0) is 4.79 Å². The molecule has 1 saturated heterocycles. The molecule has 2 heteroatoms. The van der Waals surface area contributed by atoms with Gasteiger partial charge < -0.3 is 0 Å². The first-order valence-electron chi connectivity index (χ1n) is 10.5. The highest BCUT2D eigenvalue weighted by molar-refractivity contribution is 5.81. The molecule has 1 aliphatic rings. The summed E-state index contributed by atoms with van der Waals surface area (Å²) < 4.78 is 0. The van der Waals surface area contributed by atoms with Crippen molar-refractivity contribution < 1.29 is 4.79 Å². The van der Waals surface area contributed by atoms with Gasteiger partial charge in [-0.3, -0.25) is 9.69 Å². The summed E-state index contributed by atoms with van der Waals surface area (Å²) in [6.07, 6.45) is 18.5. The normalized spacial score (nSPS) is 18.9. The molecule has 0 aromatic carbocycles. The van der Waals surface area contributed by atoms with Crippen LogP contribution in [0.4, 0.5) is 0 Å². The summed E-state index contributed by atoms with van der Waals surface area (Å²) in [6.45, 7) is 7.50. The number of unbranched alkanes of at least 4 members (excludes halogenated alkanes) is 8. The lowest BCUT2D eigenvalue weighted by molar-refractivity contribution is -0.122. The number of hydrogen-bond acceptors (Lipinski definition) is 2. The van der Waals surface area contributed by atoms with Gasteiger partial charge in [-0.2, -0.15) is 0 Å². The minimum atomic E-state index is 0.228. The van der Waals surface area contributed by atoms with Gasteiger partial charge >= 0.3 is 0 Å². The van der Waals surface area contributed by atoms with Crippen LogP contribution in [0.1, 0.15) is 111 Å². The van der Waals surface area contributed by atoms with Gasteiger partial charge in [-0.25, -0.2) is 0 Å². The monoisotopic (exact) mass is 323 g/mol. The molecule has 0 aliphatic carbocycles. The van der Waals surface area contributed by atoms with E-state index < -0.39 is 0 Å². The van der Waals surface area contributed by atoms with Crippen molar-refractivity contribution in [2.45, 2.75) is 123 Å². The molecule has 1 atom stereocenters. The van der Waals surface area contributed by atoms with Crippen LogP contribution in [0.5, 0.6) is 0 Å². The minimum absolute atomic E-state index is 0.228. The van der Waals surface area contributed by atoms with Crippen molar-refractivity contribution in [3.05, 3.63) is 0 Å². The molecule has 0 aromatic rings. The SMILES string of the molecule is CCCCCCCC(CCCCCCC)N1CCCC1C(C)=O. The lowest BCUT2D eigenvalue weighted by atomic mass is 9.98. The van der Waals surface area contributed by atoms with E-state index in [-0.39, 0.29) is 6.04 Å². The first-order valence-corrected chi connectivity index (χ1v) is 10.5. The fourth-order valence-corrected chi connectivity index (χ4v) is 4.11. The Balaban J connectivity index is 2.41. The number of nitrogens with zero attached hydrogens (tertiary/aromatic N) is 1. The standard InChI is InChI=1S/C21H41NO/c1-4-6-8-10-12-15-20(16-13-11-9-7-5-2)22-18-14-17-21(22)19(3)23/h20-21H,4-18H2,1-3H3. The lowest BCUT2D eigenvalue weighted by Gasteiger charge is -2.32. The van der Waals surface area contributed by atoms with E-state index in [1.54, 1.807) is 6.92 Å². The molecule has 0 aromatic heterocycles. The highest BCUT2D eigenvalue weighted by Gasteiger charge is 2.32. The van der Waals surface area contributed by atoms with Gasteiger partial charge in [-0.05, 0) is 39.2 Å². The van der Waals surface area contributed by atoms with E-state index >= 15 is 0 Å². The van der Waals surface area contributed by atoms with Crippen LogP contribution in [0.15, 0.2) is 0 Å². The second-order valence-corrected chi connectivity index (χ2v) is 7.57.